The molecule has 0 aromatic carbocycles. The van der Waals surface area contributed by atoms with Crippen LogP contribution in [0.3, 0.4) is 0 Å². The fraction of sp³-hybridized carbons (Fsp3) is 0.867. The lowest BCUT2D eigenvalue weighted by Gasteiger charge is -2.60. The van der Waals surface area contributed by atoms with E-state index in [0.717, 1.165) is 32.8 Å². The van der Waals surface area contributed by atoms with Gasteiger partial charge in [0.15, 0.2) is 0 Å². The van der Waals surface area contributed by atoms with E-state index in [2.05, 4.69) is 25.7 Å². The zero-order valence-electron chi connectivity index (χ0n) is 11.8. The zero-order chi connectivity index (χ0) is 13.0. The second kappa shape index (κ2) is 6.18. The number of fused-ring (bicyclic) bond motifs is 1. The van der Waals surface area contributed by atoms with Gasteiger partial charge in [-0.15, -0.1) is 6.58 Å². The molecule has 3 unspecified atom stereocenters. The first-order valence-electron chi connectivity index (χ1n) is 7.21. The van der Waals surface area contributed by atoms with Crippen molar-refractivity contribution in [2.24, 2.45) is 11.3 Å². The fourth-order valence-electron chi connectivity index (χ4n) is 3.49. The van der Waals surface area contributed by atoms with Crippen LogP contribution in [0.5, 0.6) is 0 Å². The molecule has 0 radical (unpaired) electrons. The first-order chi connectivity index (χ1) is 8.68. The van der Waals surface area contributed by atoms with Gasteiger partial charge in [0, 0.05) is 30.5 Å². The highest BCUT2D eigenvalue weighted by Crippen LogP contribution is 2.51. The summed E-state index contributed by atoms with van der Waals surface area (Å²) in [6.07, 6.45) is 5.82. The summed E-state index contributed by atoms with van der Waals surface area (Å²) in [5.74, 6) is 0.710. The van der Waals surface area contributed by atoms with Gasteiger partial charge in [-0.1, -0.05) is 19.9 Å². The predicted molar refractivity (Wildman–Crippen MR) is 73.7 cm³/mol. The standard InChI is InChI=1S/C15H27NO2/c1-4-5-9-17-11-8-16-13-12-7-6-10-18-14(12)15(13,2)3/h4,12-14,16H,1,5-11H2,2-3H3. The molecule has 0 aromatic rings. The number of rotatable bonds is 7. The Morgan fingerprint density at radius 3 is 3.06 bits per heavy atom. The highest BCUT2D eigenvalue weighted by atomic mass is 16.5. The van der Waals surface area contributed by atoms with Crippen LogP contribution in [0.25, 0.3) is 0 Å². The van der Waals surface area contributed by atoms with E-state index in [-0.39, 0.29) is 5.41 Å². The molecule has 0 spiro atoms. The van der Waals surface area contributed by atoms with Gasteiger partial charge in [0.05, 0.1) is 19.3 Å². The summed E-state index contributed by atoms with van der Waals surface area (Å²) in [5.41, 5.74) is 0.270. The van der Waals surface area contributed by atoms with Crippen LogP contribution in [0.4, 0.5) is 0 Å². The summed E-state index contributed by atoms with van der Waals surface area (Å²) in [6, 6.07) is 0.589. The molecule has 0 aromatic heterocycles. The van der Waals surface area contributed by atoms with Crippen molar-refractivity contribution < 1.29 is 9.47 Å². The normalized spacial score (nSPS) is 33.6. The molecule has 2 aliphatic rings. The van der Waals surface area contributed by atoms with Crippen molar-refractivity contribution in [3.63, 3.8) is 0 Å². The summed E-state index contributed by atoms with van der Waals surface area (Å²) in [7, 11) is 0. The zero-order valence-corrected chi connectivity index (χ0v) is 11.8. The lowest BCUT2D eigenvalue weighted by molar-refractivity contribution is -0.192. The third-order valence-electron chi connectivity index (χ3n) is 4.41. The number of ether oxygens (including phenoxy) is 2. The molecular weight excluding hydrogens is 226 g/mol. The molecule has 3 heteroatoms. The van der Waals surface area contributed by atoms with E-state index < -0.39 is 0 Å². The van der Waals surface area contributed by atoms with Crippen LogP contribution in [0.2, 0.25) is 0 Å². The molecule has 18 heavy (non-hydrogen) atoms. The van der Waals surface area contributed by atoms with Crippen molar-refractivity contribution in [3.8, 4) is 0 Å². The Kier molecular flexibility index (Phi) is 4.82. The predicted octanol–water partition coefficient (Wildman–Crippen LogP) is 2.37. The van der Waals surface area contributed by atoms with Crippen LogP contribution in [0.15, 0.2) is 12.7 Å². The maximum absolute atomic E-state index is 5.90. The molecule has 3 nitrogen and oxygen atoms in total. The van der Waals surface area contributed by atoms with Crippen molar-refractivity contribution in [1.29, 1.82) is 0 Å². The minimum absolute atomic E-state index is 0.270. The first kappa shape index (κ1) is 14.0. The highest BCUT2D eigenvalue weighted by Gasteiger charge is 2.57. The van der Waals surface area contributed by atoms with Crippen molar-refractivity contribution in [3.05, 3.63) is 12.7 Å². The Morgan fingerprint density at radius 2 is 2.28 bits per heavy atom. The molecule has 2 fully saturated rings. The molecule has 1 saturated carbocycles. The Hall–Kier alpha value is -0.380. The van der Waals surface area contributed by atoms with Crippen molar-refractivity contribution >= 4 is 0 Å². The molecule has 1 N–H and O–H groups in total. The topological polar surface area (TPSA) is 30.5 Å². The number of hydrogen-bond donors (Lipinski definition) is 1. The van der Waals surface area contributed by atoms with Gasteiger partial charge in [0.2, 0.25) is 0 Å². The van der Waals surface area contributed by atoms with Crippen molar-refractivity contribution in [2.45, 2.75) is 45.3 Å². The lowest BCUT2D eigenvalue weighted by Crippen LogP contribution is -2.69. The molecular formula is C15H27NO2. The molecule has 1 saturated heterocycles. The van der Waals surface area contributed by atoms with Gasteiger partial charge in [0.25, 0.3) is 0 Å². The monoisotopic (exact) mass is 253 g/mol. The highest BCUT2D eigenvalue weighted by molar-refractivity contribution is 5.10. The fourth-order valence-corrected chi connectivity index (χ4v) is 3.49. The van der Waals surface area contributed by atoms with Crippen LogP contribution in [0, 0.1) is 11.3 Å². The van der Waals surface area contributed by atoms with Crippen molar-refractivity contribution in [2.75, 3.05) is 26.4 Å². The number of hydrogen-bond acceptors (Lipinski definition) is 3. The van der Waals surface area contributed by atoms with Gasteiger partial charge in [0.1, 0.15) is 0 Å². The first-order valence-corrected chi connectivity index (χ1v) is 7.21. The Morgan fingerprint density at radius 1 is 1.44 bits per heavy atom. The molecule has 0 amide bonds. The maximum Gasteiger partial charge on any atom is 0.0684 e. The minimum atomic E-state index is 0.270. The summed E-state index contributed by atoms with van der Waals surface area (Å²) in [4.78, 5) is 0. The largest absolute Gasteiger partial charge is 0.380 e. The molecule has 0 bridgehead atoms. The molecule has 3 atom stereocenters. The van der Waals surface area contributed by atoms with E-state index in [1.807, 2.05) is 6.08 Å². The van der Waals surface area contributed by atoms with Crippen LogP contribution < -0.4 is 5.32 Å². The third kappa shape index (κ3) is 2.79. The van der Waals surface area contributed by atoms with Crippen LogP contribution in [0.1, 0.15) is 33.1 Å². The van der Waals surface area contributed by atoms with Gasteiger partial charge in [-0.2, -0.15) is 0 Å². The van der Waals surface area contributed by atoms with Gasteiger partial charge < -0.3 is 14.8 Å². The van der Waals surface area contributed by atoms with Crippen LogP contribution in [-0.2, 0) is 9.47 Å². The summed E-state index contributed by atoms with van der Waals surface area (Å²) in [6.45, 7) is 11.8. The SMILES string of the molecule is C=CCCOCCNC1C2CCCOC2C1(C)C. The average Bonchev–Trinajstić information content (AvgIpc) is 2.37. The van der Waals surface area contributed by atoms with Crippen molar-refractivity contribution in [1.82, 2.24) is 5.32 Å². The summed E-state index contributed by atoms with van der Waals surface area (Å²) in [5, 5.41) is 3.65. The minimum Gasteiger partial charge on any atom is -0.380 e. The van der Waals surface area contributed by atoms with E-state index >= 15 is 0 Å². The van der Waals surface area contributed by atoms with E-state index in [1.165, 1.54) is 12.8 Å². The van der Waals surface area contributed by atoms with Gasteiger partial charge in [-0.05, 0) is 19.3 Å². The van der Waals surface area contributed by atoms with E-state index in [9.17, 15) is 0 Å². The Bertz CT molecular complexity index is 278. The van der Waals surface area contributed by atoms with Gasteiger partial charge in [-0.25, -0.2) is 0 Å². The van der Waals surface area contributed by atoms with Crippen LogP contribution >= 0.6 is 0 Å². The summed E-state index contributed by atoms with van der Waals surface area (Å²) >= 11 is 0. The third-order valence-corrected chi connectivity index (χ3v) is 4.41. The Labute approximate surface area is 111 Å². The lowest BCUT2D eigenvalue weighted by atomic mass is 9.55. The molecule has 1 aliphatic carbocycles. The Balaban J connectivity index is 1.67. The van der Waals surface area contributed by atoms with E-state index in [4.69, 9.17) is 9.47 Å². The average molecular weight is 253 g/mol. The van der Waals surface area contributed by atoms with E-state index in [1.54, 1.807) is 0 Å². The quantitative estimate of drug-likeness (QED) is 0.558. The molecule has 2 rings (SSSR count). The second-order valence-electron chi connectivity index (χ2n) is 6.04. The maximum atomic E-state index is 5.90. The van der Waals surface area contributed by atoms with Gasteiger partial charge in [-0.3, -0.25) is 0 Å². The van der Waals surface area contributed by atoms with E-state index in [0.29, 0.717) is 18.1 Å². The molecule has 104 valence electrons. The van der Waals surface area contributed by atoms with Crippen LogP contribution in [-0.4, -0.2) is 38.5 Å². The molecule has 1 aliphatic heterocycles. The summed E-state index contributed by atoms with van der Waals surface area (Å²) < 4.78 is 11.4. The second-order valence-corrected chi connectivity index (χ2v) is 6.04. The molecule has 1 heterocycles. The van der Waals surface area contributed by atoms with Gasteiger partial charge >= 0.3 is 0 Å². The smallest absolute Gasteiger partial charge is 0.0684 e. The number of nitrogens with one attached hydrogen (secondary N) is 1.